The van der Waals surface area contributed by atoms with Gasteiger partial charge in [-0.05, 0) is 20.4 Å². The fourth-order valence-electron chi connectivity index (χ4n) is 2.18. The third-order valence-corrected chi connectivity index (χ3v) is 4.44. The second kappa shape index (κ2) is 10.3. The van der Waals surface area contributed by atoms with Crippen molar-refractivity contribution in [2.24, 2.45) is 0 Å². The quantitative estimate of drug-likeness (QED) is 0.862. The van der Waals surface area contributed by atoms with Crippen molar-refractivity contribution in [3.05, 3.63) is 16.1 Å². The van der Waals surface area contributed by atoms with Crippen LogP contribution in [0.25, 0.3) is 0 Å². The van der Waals surface area contributed by atoms with Crippen molar-refractivity contribution < 1.29 is 4.79 Å². The zero-order valence-corrected chi connectivity index (χ0v) is 15.0. The number of piperazine rings is 1. The molecule has 0 unspecified atom stereocenters. The molecule has 1 amide bonds. The number of likely N-dealkylation sites (N-methyl/N-ethyl adjacent to an activating group) is 1. The molecular weight excluding hydrogens is 331 g/mol. The summed E-state index contributed by atoms with van der Waals surface area (Å²) in [7, 11) is 2.01. The molecule has 0 aliphatic carbocycles. The number of hydrogen-bond acceptors (Lipinski definition) is 5. The van der Waals surface area contributed by atoms with Crippen molar-refractivity contribution in [2.75, 3.05) is 46.3 Å². The van der Waals surface area contributed by atoms with E-state index in [0.29, 0.717) is 6.54 Å². The van der Waals surface area contributed by atoms with Crippen molar-refractivity contribution in [3.63, 3.8) is 0 Å². The number of hydrogen-bond donors (Lipinski definition) is 1. The highest BCUT2D eigenvalue weighted by Gasteiger charge is 2.17. The lowest BCUT2D eigenvalue weighted by Crippen LogP contribution is -2.49. The van der Waals surface area contributed by atoms with Gasteiger partial charge in [-0.2, -0.15) is 0 Å². The fraction of sp³-hybridized carbons (Fsp3) is 0.692. The predicted octanol–water partition coefficient (Wildman–Crippen LogP) is 1.20. The molecule has 21 heavy (non-hydrogen) atoms. The van der Waals surface area contributed by atoms with Gasteiger partial charge in [0.15, 0.2) is 0 Å². The molecule has 1 saturated heterocycles. The SMILES string of the molecule is Cc1ncsc1CCN(C)CC(=O)N1CCNCC1.Cl.Cl. The Morgan fingerprint density at radius 2 is 2.10 bits per heavy atom. The number of carbonyl (C=O) groups excluding carboxylic acids is 1. The Hall–Kier alpha value is -0.400. The summed E-state index contributed by atoms with van der Waals surface area (Å²) < 4.78 is 0. The molecule has 122 valence electrons. The molecule has 1 N–H and O–H groups in total. The number of carbonyl (C=O) groups is 1. The van der Waals surface area contributed by atoms with Gasteiger partial charge in [-0.25, -0.2) is 4.98 Å². The van der Waals surface area contributed by atoms with E-state index in [-0.39, 0.29) is 30.7 Å². The first-order valence-electron chi connectivity index (χ1n) is 6.73. The summed E-state index contributed by atoms with van der Waals surface area (Å²) in [6.07, 6.45) is 0.974. The van der Waals surface area contributed by atoms with Crippen molar-refractivity contribution in [1.29, 1.82) is 0 Å². The molecule has 1 fully saturated rings. The molecule has 0 radical (unpaired) electrons. The van der Waals surface area contributed by atoms with Crippen LogP contribution in [0.1, 0.15) is 10.6 Å². The van der Waals surface area contributed by atoms with E-state index in [4.69, 9.17) is 0 Å². The highest BCUT2D eigenvalue weighted by Crippen LogP contribution is 2.12. The highest BCUT2D eigenvalue weighted by molar-refractivity contribution is 7.09. The Bertz CT molecular complexity index is 424. The van der Waals surface area contributed by atoms with Gasteiger partial charge < -0.3 is 10.2 Å². The Morgan fingerprint density at radius 1 is 1.43 bits per heavy atom. The van der Waals surface area contributed by atoms with Crippen LogP contribution in [0.5, 0.6) is 0 Å². The third kappa shape index (κ3) is 6.48. The number of aryl methyl sites for hydroxylation is 1. The zero-order chi connectivity index (χ0) is 13.7. The maximum Gasteiger partial charge on any atom is 0.236 e. The summed E-state index contributed by atoms with van der Waals surface area (Å²) in [5.74, 6) is 0.241. The Labute approximate surface area is 142 Å². The molecule has 0 bridgehead atoms. The summed E-state index contributed by atoms with van der Waals surface area (Å²) in [5, 5.41) is 3.26. The van der Waals surface area contributed by atoms with Crippen LogP contribution in [0.15, 0.2) is 5.51 Å². The zero-order valence-electron chi connectivity index (χ0n) is 12.5. The summed E-state index contributed by atoms with van der Waals surface area (Å²) in [5.41, 5.74) is 3.00. The Balaban J connectivity index is 0.00000200. The van der Waals surface area contributed by atoms with Gasteiger partial charge in [0, 0.05) is 37.6 Å². The molecule has 1 aliphatic heterocycles. The van der Waals surface area contributed by atoms with Gasteiger partial charge in [0.1, 0.15) is 0 Å². The first-order valence-corrected chi connectivity index (χ1v) is 7.61. The molecular formula is C13H24Cl2N4OS. The summed E-state index contributed by atoms with van der Waals surface area (Å²) in [6.45, 7) is 6.95. The largest absolute Gasteiger partial charge is 0.339 e. The molecule has 8 heteroatoms. The summed E-state index contributed by atoms with van der Waals surface area (Å²) >= 11 is 1.70. The Morgan fingerprint density at radius 3 is 2.67 bits per heavy atom. The smallest absolute Gasteiger partial charge is 0.236 e. The lowest BCUT2D eigenvalue weighted by Gasteiger charge is -2.29. The van der Waals surface area contributed by atoms with E-state index in [1.807, 2.05) is 24.4 Å². The molecule has 0 atom stereocenters. The summed E-state index contributed by atoms with van der Waals surface area (Å²) in [6, 6.07) is 0. The maximum atomic E-state index is 12.1. The lowest BCUT2D eigenvalue weighted by atomic mass is 10.3. The van der Waals surface area contributed by atoms with E-state index in [9.17, 15) is 4.79 Å². The van der Waals surface area contributed by atoms with E-state index in [2.05, 4.69) is 15.2 Å². The molecule has 1 aromatic heterocycles. The van der Waals surface area contributed by atoms with Crippen molar-refractivity contribution >= 4 is 42.1 Å². The molecule has 1 aliphatic rings. The van der Waals surface area contributed by atoms with Crippen LogP contribution in [-0.2, 0) is 11.2 Å². The average Bonchev–Trinajstić information content (AvgIpc) is 2.83. The standard InChI is InChI=1S/C13H22N4OS.2ClH/c1-11-12(19-10-15-11)3-6-16(2)9-13(18)17-7-4-14-5-8-17;;/h10,14H,3-9H2,1-2H3;2*1H. The minimum Gasteiger partial charge on any atom is -0.339 e. The van der Waals surface area contributed by atoms with Gasteiger partial charge in [0.25, 0.3) is 0 Å². The van der Waals surface area contributed by atoms with Crippen LogP contribution in [0.2, 0.25) is 0 Å². The minimum absolute atomic E-state index is 0. The van der Waals surface area contributed by atoms with E-state index < -0.39 is 0 Å². The highest BCUT2D eigenvalue weighted by atomic mass is 35.5. The van der Waals surface area contributed by atoms with Crippen LogP contribution in [0.3, 0.4) is 0 Å². The monoisotopic (exact) mass is 354 g/mol. The Kier molecular flexibility index (Phi) is 10.1. The van der Waals surface area contributed by atoms with Gasteiger partial charge in [-0.15, -0.1) is 36.2 Å². The lowest BCUT2D eigenvalue weighted by molar-refractivity contribution is -0.132. The van der Waals surface area contributed by atoms with Crippen LogP contribution in [-0.4, -0.2) is 67.0 Å². The normalized spacial score (nSPS) is 14.5. The van der Waals surface area contributed by atoms with Crippen molar-refractivity contribution in [2.45, 2.75) is 13.3 Å². The average molecular weight is 355 g/mol. The second-order valence-electron chi connectivity index (χ2n) is 4.98. The van der Waals surface area contributed by atoms with Crippen LogP contribution in [0, 0.1) is 6.92 Å². The topological polar surface area (TPSA) is 48.5 Å². The molecule has 2 heterocycles. The molecule has 0 spiro atoms. The minimum atomic E-state index is 0. The van der Waals surface area contributed by atoms with Gasteiger partial charge in [0.05, 0.1) is 17.7 Å². The fourth-order valence-corrected chi connectivity index (χ4v) is 2.95. The van der Waals surface area contributed by atoms with E-state index >= 15 is 0 Å². The van der Waals surface area contributed by atoms with Crippen LogP contribution >= 0.6 is 36.2 Å². The molecule has 5 nitrogen and oxygen atoms in total. The molecule has 0 aromatic carbocycles. The number of aromatic nitrogens is 1. The van der Waals surface area contributed by atoms with E-state index in [1.165, 1.54) is 4.88 Å². The molecule has 2 rings (SSSR count). The van der Waals surface area contributed by atoms with E-state index in [0.717, 1.165) is 44.8 Å². The van der Waals surface area contributed by atoms with Crippen molar-refractivity contribution in [3.8, 4) is 0 Å². The predicted molar refractivity (Wildman–Crippen MR) is 92.0 cm³/mol. The third-order valence-electron chi connectivity index (χ3n) is 3.44. The first kappa shape index (κ1) is 20.6. The summed E-state index contributed by atoms with van der Waals surface area (Å²) in [4.78, 5) is 21.7. The first-order chi connectivity index (χ1) is 9.16. The van der Waals surface area contributed by atoms with Crippen LogP contribution < -0.4 is 5.32 Å². The van der Waals surface area contributed by atoms with Gasteiger partial charge in [0.2, 0.25) is 5.91 Å². The van der Waals surface area contributed by atoms with E-state index in [1.54, 1.807) is 11.3 Å². The number of rotatable bonds is 5. The van der Waals surface area contributed by atoms with Gasteiger partial charge in [-0.1, -0.05) is 0 Å². The second-order valence-corrected chi connectivity index (χ2v) is 5.92. The number of nitrogens with zero attached hydrogens (tertiary/aromatic N) is 3. The van der Waals surface area contributed by atoms with Gasteiger partial charge >= 0.3 is 0 Å². The number of amides is 1. The number of nitrogens with one attached hydrogen (secondary N) is 1. The van der Waals surface area contributed by atoms with Gasteiger partial charge in [-0.3, -0.25) is 9.69 Å². The van der Waals surface area contributed by atoms with Crippen molar-refractivity contribution in [1.82, 2.24) is 20.1 Å². The molecule has 0 saturated carbocycles. The number of halogens is 2. The number of thiazole rings is 1. The van der Waals surface area contributed by atoms with Crippen LogP contribution in [0.4, 0.5) is 0 Å². The maximum absolute atomic E-state index is 12.1. The molecule has 1 aromatic rings.